The van der Waals surface area contributed by atoms with Crippen molar-refractivity contribution in [2.24, 2.45) is 5.92 Å². The van der Waals surface area contributed by atoms with Crippen molar-refractivity contribution < 1.29 is 14.3 Å². The van der Waals surface area contributed by atoms with Gasteiger partial charge in [-0.3, -0.25) is 14.5 Å². The molecule has 0 aliphatic carbocycles. The van der Waals surface area contributed by atoms with Gasteiger partial charge in [0.2, 0.25) is 5.91 Å². The standard InChI is InChI=1S/C14H24N2O3/c1-2-19-14(18)12-6-5-9-16(10-12)13(17)11-15-7-3-4-8-15/h12H,2-11H2,1H3/t12-/m1/s1. The van der Waals surface area contributed by atoms with E-state index in [1.54, 1.807) is 0 Å². The fourth-order valence-corrected chi connectivity index (χ4v) is 2.89. The van der Waals surface area contributed by atoms with Crippen molar-refractivity contribution in [3.05, 3.63) is 0 Å². The van der Waals surface area contributed by atoms with E-state index in [4.69, 9.17) is 4.74 Å². The van der Waals surface area contributed by atoms with Crippen LogP contribution >= 0.6 is 0 Å². The summed E-state index contributed by atoms with van der Waals surface area (Å²) in [6.45, 7) is 6.11. The molecule has 0 spiro atoms. The normalized spacial score (nSPS) is 24.5. The summed E-state index contributed by atoms with van der Waals surface area (Å²) in [6, 6.07) is 0. The highest BCUT2D eigenvalue weighted by Crippen LogP contribution is 2.18. The van der Waals surface area contributed by atoms with Gasteiger partial charge in [0.15, 0.2) is 0 Å². The molecule has 0 aromatic heterocycles. The predicted octanol–water partition coefficient (Wildman–Crippen LogP) is 0.884. The topological polar surface area (TPSA) is 49.9 Å². The summed E-state index contributed by atoms with van der Waals surface area (Å²) >= 11 is 0. The zero-order chi connectivity index (χ0) is 13.7. The fourth-order valence-electron chi connectivity index (χ4n) is 2.89. The van der Waals surface area contributed by atoms with Crippen LogP contribution in [0.25, 0.3) is 0 Å². The Morgan fingerprint density at radius 2 is 1.89 bits per heavy atom. The second kappa shape index (κ2) is 6.89. The van der Waals surface area contributed by atoms with Crippen LogP contribution in [0.1, 0.15) is 32.6 Å². The molecule has 108 valence electrons. The van der Waals surface area contributed by atoms with E-state index in [-0.39, 0.29) is 17.8 Å². The fraction of sp³-hybridized carbons (Fsp3) is 0.857. The van der Waals surface area contributed by atoms with E-state index in [9.17, 15) is 9.59 Å². The molecule has 19 heavy (non-hydrogen) atoms. The lowest BCUT2D eigenvalue weighted by Crippen LogP contribution is -2.46. The van der Waals surface area contributed by atoms with Gasteiger partial charge < -0.3 is 9.64 Å². The largest absolute Gasteiger partial charge is 0.466 e. The van der Waals surface area contributed by atoms with Crippen molar-refractivity contribution in [1.82, 2.24) is 9.80 Å². The number of hydrogen-bond acceptors (Lipinski definition) is 4. The first kappa shape index (κ1) is 14.3. The average Bonchev–Trinajstić information content (AvgIpc) is 2.92. The third-order valence-electron chi connectivity index (χ3n) is 3.95. The smallest absolute Gasteiger partial charge is 0.310 e. The first-order chi connectivity index (χ1) is 9.20. The summed E-state index contributed by atoms with van der Waals surface area (Å²) in [7, 11) is 0. The predicted molar refractivity (Wildman–Crippen MR) is 71.6 cm³/mol. The molecule has 0 unspecified atom stereocenters. The van der Waals surface area contributed by atoms with Crippen LogP contribution in [0.15, 0.2) is 0 Å². The van der Waals surface area contributed by atoms with E-state index in [2.05, 4.69) is 4.90 Å². The number of carbonyl (C=O) groups is 2. The van der Waals surface area contributed by atoms with Crippen LogP contribution in [0.5, 0.6) is 0 Å². The van der Waals surface area contributed by atoms with E-state index in [0.29, 0.717) is 19.7 Å². The number of nitrogens with zero attached hydrogens (tertiary/aromatic N) is 2. The van der Waals surface area contributed by atoms with Crippen LogP contribution < -0.4 is 0 Å². The molecule has 0 aromatic carbocycles. The van der Waals surface area contributed by atoms with Crippen LogP contribution in [-0.2, 0) is 14.3 Å². The lowest BCUT2D eigenvalue weighted by Gasteiger charge is -2.32. The zero-order valence-electron chi connectivity index (χ0n) is 11.8. The summed E-state index contributed by atoms with van der Waals surface area (Å²) in [5.41, 5.74) is 0. The Labute approximate surface area is 114 Å². The van der Waals surface area contributed by atoms with Gasteiger partial charge in [-0.05, 0) is 45.7 Å². The van der Waals surface area contributed by atoms with Crippen molar-refractivity contribution in [3.63, 3.8) is 0 Å². The molecule has 2 heterocycles. The van der Waals surface area contributed by atoms with Crippen molar-refractivity contribution in [3.8, 4) is 0 Å². The van der Waals surface area contributed by atoms with E-state index >= 15 is 0 Å². The number of esters is 1. The van der Waals surface area contributed by atoms with Crippen LogP contribution in [0, 0.1) is 5.92 Å². The molecule has 0 N–H and O–H groups in total. The maximum absolute atomic E-state index is 12.2. The van der Waals surface area contributed by atoms with Gasteiger partial charge in [-0.1, -0.05) is 0 Å². The van der Waals surface area contributed by atoms with E-state index < -0.39 is 0 Å². The van der Waals surface area contributed by atoms with Gasteiger partial charge in [-0.2, -0.15) is 0 Å². The first-order valence-electron chi connectivity index (χ1n) is 7.37. The molecule has 2 fully saturated rings. The molecular formula is C14H24N2O3. The van der Waals surface area contributed by atoms with Gasteiger partial charge in [0.25, 0.3) is 0 Å². The van der Waals surface area contributed by atoms with Crippen molar-refractivity contribution in [2.45, 2.75) is 32.6 Å². The summed E-state index contributed by atoms with van der Waals surface area (Å²) in [5.74, 6) is -0.117. The van der Waals surface area contributed by atoms with Crippen molar-refractivity contribution in [1.29, 1.82) is 0 Å². The number of amides is 1. The molecule has 0 radical (unpaired) electrons. The Bertz CT molecular complexity index is 327. The number of ether oxygens (including phenoxy) is 1. The number of rotatable bonds is 4. The van der Waals surface area contributed by atoms with Gasteiger partial charge in [0.05, 0.1) is 19.1 Å². The summed E-state index contributed by atoms with van der Waals surface area (Å²) in [5, 5.41) is 0. The Kier molecular flexibility index (Phi) is 5.19. The van der Waals surface area contributed by atoms with Crippen LogP contribution in [0.4, 0.5) is 0 Å². The van der Waals surface area contributed by atoms with E-state index in [0.717, 1.165) is 32.5 Å². The molecule has 1 atom stereocenters. The van der Waals surface area contributed by atoms with Gasteiger partial charge >= 0.3 is 5.97 Å². The Hall–Kier alpha value is -1.10. The number of carbonyl (C=O) groups excluding carboxylic acids is 2. The number of likely N-dealkylation sites (tertiary alicyclic amines) is 2. The van der Waals surface area contributed by atoms with Gasteiger partial charge in [-0.15, -0.1) is 0 Å². The minimum Gasteiger partial charge on any atom is -0.466 e. The van der Waals surface area contributed by atoms with Crippen LogP contribution in [-0.4, -0.2) is 61.0 Å². The summed E-state index contributed by atoms with van der Waals surface area (Å²) in [4.78, 5) is 28.0. The minimum absolute atomic E-state index is 0.128. The van der Waals surface area contributed by atoms with Crippen molar-refractivity contribution in [2.75, 3.05) is 39.3 Å². The third kappa shape index (κ3) is 3.93. The molecule has 0 bridgehead atoms. The zero-order valence-corrected chi connectivity index (χ0v) is 11.8. The van der Waals surface area contributed by atoms with Crippen LogP contribution in [0.3, 0.4) is 0 Å². The first-order valence-corrected chi connectivity index (χ1v) is 7.37. The maximum Gasteiger partial charge on any atom is 0.310 e. The number of hydrogen-bond donors (Lipinski definition) is 0. The maximum atomic E-state index is 12.2. The molecule has 0 aromatic rings. The molecule has 2 aliphatic rings. The van der Waals surface area contributed by atoms with Gasteiger partial charge in [-0.25, -0.2) is 0 Å². The average molecular weight is 268 g/mol. The highest BCUT2D eigenvalue weighted by atomic mass is 16.5. The lowest BCUT2D eigenvalue weighted by molar-refractivity contribution is -0.151. The molecular weight excluding hydrogens is 244 g/mol. The molecule has 2 saturated heterocycles. The van der Waals surface area contributed by atoms with E-state index in [1.807, 2.05) is 11.8 Å². The molecule has 1 amide bonds. The lowest BCUT2D eigenvalue weighted by atomic mass is 9.98. The third-order valence-corrected chi connectivity index (χ3v) is 3.95. The highest BCUT2D eigenvalue weighted by Gasteiger charge is 2.30. The van der Waals surface area contributed by atoms with Gasteiger partial charge in [0, 0.05) is 13.1 Å². The quantitative estimate of drug-likeness (QED) is 0.710. The Balaban J connectivity index is 1.82. The van der Waals surface area contributed by atoms with Crippen LogP contribution in [0.2, 0.25) is 0 Å². The van der Waals surface area contributed by atoms with Crippen molar-refractivity contribution >= 4 is 11.9 Å². The molecule has 2 aliphatic heterocycles. The highest BCUT2D eigenvalue weighted by molar-refractivity contribution is 5.80. The molecule has 2 rings (SSSR count). The van der Waals surface area contributed by atoms with E-state index in [1.165, 1.54) is 12.8 Å². The second-order valence-electron chi connectivity index (χ2n) is 5.41. The number of piperidine rings is 1. The summed E-state index contributed by atoms with van der Waals surface area (Å²) in [6.07, 6.45) is 4.12. The van der Waals surface area contributed by atoms with Gasteiger partial charge in [0.1, 0.15) is 0 Å². The monoisotopic (exact) mass is 268 g/mol. The molecule has 5 heteroatoms. The SMILES string of the molecule is CCOC(=O)[C@@H]1CCCN(C(=O)CN2CCCC2)C1. The summed E-state index contributed by atoms with van der Waals surface area (Å²) < 4.78 is 5.06. The molecule has 5 nitrogen and oxygen atoms in total. The Morgan fingerprint density at radius 3 is 2.58 bits per heavy atom. The molecule has 0 saturated carbocycles. The Morgan fingerprint density at radius 1 is 1.16 bits per heavy atom. The second-order valence-corrected chi connectivity index (χ2v) is 5.41. The minimum atomic E-state index is -0.152.